The van der Waals surface area contributed by atoms with E-state index in [0.717, 1.165) is 39.8 Å². The molecule has 0 atom stereocenters. The molecule has 3 heterocycles. The number of aryl methyl sites for hydroxylation is 1. The number of hydrogen-bond acceptors (Lipinski definition) is 5. The molecule has 1 N–H and O–H groups in total. The van der Waals surface area contributed by atoms with Crippen LogP contribution in [0.25, 0.3) is 11.3 Å². The Balaban J connectivity index is 1.53. The average molecular weight is 368 g/mol. The van der Waals surface area contributed by atoms with Crippen LogP contribution in [-0.4, -0.2) is 23.2 Å². The van der Waals surface area contributed by atoms with Crippen molar-refractivity contribution in [1.82, 2.24) is 9.97 Å². The molecule has 2 aromatic heterocycles. The highest BCUT2D eigenvalue weighted by atomic mass is 35.5. The van der Waals surface area contributed by atoms with E-state index in [1.165, 1.54) is 0 Å². The Kier molecular flexibility index (Phi) is 4.63. The van der Waals surface area contributed by atoms with E-state index in [9.17, 15) is 0 Å². The van der Waals surface area contributed by atoms with E-state index in [4.69, 9.17) is 26.1 Å². The molecule has 1 aliphatic heterocycles. The van der Waals surface area contributed by atoms with Crippen LogP contribution in [0.1, 0.15) is 11.3 Å². The second-order valence-corrected chi connectivity index (χ2v) is 6.45. The van der Waals surface area contributed by atoms with E-state index in [2.05, 4.69) is 10.3 Å². The van der Waals surface area contributed by atoms with E-state index >= 15 is 0 Å². The van der Waals surface area contributed by atoms with Crippen molar-refractivity contribution < 1.29 is 9.47 Å². The summed E-state index contributed by atoms with van der Waals surface area (Å²) in [5, 5.41) is 3.83. The Morgan fingerprint density at radius 3 is 2.69 bits per heavy atom. The second kappa shape index (κ2) is 7.22. The van der Waals surface area contributed by atoms with Gasteiger partial charge >= 0.3 is 0 Å². The molecule has 0 bridgehead atoms. The highest BCUT2D eigenvalue weighted by molar-refractivity contribution is 6.29. The number of anilines is 1. The first-order valence-electron chi connectivity index (χ1n) is 8.41. The molecule has 0 unspecified atom stereocenters. The summed E-state index contributed by atoms with van der Waals surface area (Å²) < 4.78 is 11.2. The van der Waals surface area contributed by atoms with Gasteiger partial charge in [0.15, 0.2) is 11.5 Å². The molecule has 3 aromatic rings. The van der Waals surface area contributed by atoms with E-state index < -0.39 is 0 Å². The second-order valence-electron chi connectivity index (χ2n) is 6.06. The summed E-state index contributed by atoms with van der Waals surface area (Å²) in [7, 11) is 0. The summed E-state index contributed by atoms with van der Waals surface area (Å²) in [5.74, 6) is 2.33. The predicted molar refractivity (Wildman–Crippen MR) is 102 cm³/mol. The Morgan fingerprint density at radius 2 is 1.85 bits per heavy atom. The van der Waals surface area contributed by atoms with Crippen molar-refractivity contribution in [3.63, 3.8) is 0 Å². The normalized spacial score (nSPS) is 12.7. The molecule has 5 nitrogen and oxygen atoms in total. The lowest BCUT2D eigenvalue weighted by molar-refractivity contribution is 0.171. The highest BCUT2D eigenvalue weighted by Crippen LogP contribution is 2.34. The molecular weight excluding hydrogens is 350 g/mol. The van der Waals surface area contributed by atoms with Crippen molar-refractivity contribution in [3.8, 4) is 22.8 Å². The Bertz CT molecular complexity index is 926. The molecule has 26 heavy (non-hydrogen) atoms. The van der Waals surface area contributed by atoms with Crippen LogP contribution < -0.4 is 14.8 Å². The number of rotatable bonds is 4. The zero-order valence-corrected chi connectivity index (χ0v) is 15.1. The summed E-state index contributed by atoms with van der Waals surface area (Å²) in [5.41, 5.74) is 3.82. The van der Waals surface area contributed by atoms with Crippen molar-refractivity contribution >= 4 is 17.4 Å². The SMILES string of the molecule is Cc1cc(CNc2cccc(-c3ccc4c(c3)OCCO4)n2)cc(Cl)n1. The summed E-state index contributed by atoms with van der Waals surface area (Å²) >= 11 is 6.02. The number of nitrogens with one attached hydrogen (secondary N) is 1. The Labute approximate surface area is 157 Å². The largest absolute Gasteiger partial charge is 0.486 e. The minimum atomic E-state index is 0.500. The number of nitrogens with zero attached hydrogens (tertiary/aromatic N) is 2. The van der Waals surface area contributed by atoms with Gasteiger partial charge in [0.2, 0.25) is 0 Å². The van der Waals surface area contributed by atoms with Crippen molar-refractivity contribution in [3.05, 3.63) is 64.9 Å². The van der Waals surface area contributed by atoms with E-state index in [-0.39, 0.29) is 0 Å². The Hall–Kier alpha value is -2.79. The van der Waals surface area contributed by atoms with Gasteiger partial charge < -0.3 is 14.8 Å². The summed E-state index contributed by atoms with van der Waals surface area (Å²) in [6, 6.07) is 15.6. The zero-order valence-electron chi connectivity index (χ0n) is 14.3. The molecule has 0 radical (unpaired) electrons. The number of fused-ring (bicyclic) bond motifs is 1. The highest BCUT2D eigenvalue weighted by Gasteiger charge is 2.13. The fourth-order valence-corrected chi connectivity index (χ4v) is 3.16. The molecule has 0 saturated carbocycles. The molecule has 0 fully saturated rings. The Morgan fingerprint density at radius 1 is 1.00 bits per heavy atom. The van der Waals surface area contributed by atoms with Crippen molar-refractivity contribution in [2.75, 3.05) is 18.5 Å². The van der Waals surface area contributed by atoms with E-state index in [0.29, 0.717) is 24.9 Å². The monoisotopic (exact) mass is 367 g/mol. The van der Waals surface area contributed by atoms with Crippen molar-refractivity contribution in [2.45, 2.75) is 13.5 Å². The molecule has 1 aliphatic rings. The number of benzene rings is 1. The lowest BCUT2D eigenvalue weighted by Crippen LogP contribution is -2.15. The molecule has 1 aromatic carbocycles. The van der Waals surface area contributed by atoms with Crippen LogP contribution in [0.3, 0.4) is 0 Å². The van der Waals surface area contributed by atoms with Gasteiger partial charge in [0, 0.05) is 17.8 Å². The topological polar surface area (TPSA) is 56.3 Å². The first-order valence-corrected chi connectivity index (χ1v) is 8.79. The van der Waals surface area contributed by atoms with Gasteiger partial charge in [-0.3, -0.25) is 0 Å². The van der Waals surface area contributed by atoms with Gasteiger partial charge in [-0.05, 0) is 55.0 Å². The quantitative estimate of drug-likeness (QED) is 0.688. The first kappa shape index (κ1) is 16.7. The maximum Gasteiger partial charge on any atom is 0.162 e. The number of halogens is 1. The molecule has 0 spiro atoms. The molecule has 132 valence electrons. The van der Waals surface area contributed by atoms with Gasteiger partial charge in [-0.25, -0.2) is 9.97 Å². The van der Waals surface area contributed by atoms with Gasteiger partial charge in [0.05, 0.1) is 5.69 Å². The van der Waals surface area contributed by atoms with Crippen LogP contribution in [0.15, 0.2) is 48.5 Å². The van der Waals surface area contributed by atoms with Gasteiger partial charge in [0.1, 0.15) is 24.2 Å². The predicted octanol–water partition coefficient (Wildman–Crippen LogP) is 4.49. The van der Waals surface area contributed by atoms with E-state index in [1.54, 1.807) is 0 Å². The lowest BCUT2D eigenvalue weighted by atomic mass is 10.1. The lowest BCUT2D eigenvalue weighted by Gasteiger charge is -2.18. The van der Waals surface area contributed by atoms with Crippen LogP contribution in [0.2, 0.25) is 5.15 Å². The van der Waals surface area contributed by atoms with Crippen molar-refractivity contribution in [1.29, 1.82) is 0 Å². The van der Waals surface area contributed by atoms with Gasteiger partial charge in [-0.15, -0.1) is 0 Å². The fraction of sp³-hybridized carbons (Fsp3) is 0.200. The van der Waals surface area contributed by atoms with E-state index in [1.807, 2.05) is 55.5 Å². The van der Waals surface area contributed by atoms with Crippen LogP contribution in [0.5, 0.6) is 11.5 Å². The maximum absolute atomic E-state index is 6.02. The summed E-state index contributed by atoms with van der Waals surface area (Å²) in [6.45, 7) is 3.71. The standard InChI is InChI=1S/C20H18ClN3O2/c1-13-9-14(10-19(21)23-13)12-22-20-4-2-3-16(24-20)15-5-6-17-18(11-15)26-8-7-25-17/h2-6,9-11H,7-8,12H2,1H3,(H,22,24). The molecular formula is C20H18ClN3O2. The smallest absolute Gasteiger partial charge is 0.162 e. The van der Waals surface area contributed by atoms with Crippen LogP contribution >= 0.6 is 11.6 Å². The van der Waals surface area contributed by atoms with Gasteiger partial charge in [-0.2, -0.15) is 0 Å². The zero-order chi connectivity index (χ0) is 17.9. The van der Waals surface area contributed by atoms with Gasteiger partial charge in [0.25, 0.3) is 0 Å². The minimum absolute atomic E-state index is 0.500. The first-order chi connectivity index (χ1) is 12.7. The molecule has 6 heteroatoms. The molecule has 0 saturated heterocycles. The molecule has 4 rings (SSSR count). The summed E-state index contributed by atoms with van der Waals surface area (Å²) in [4.78, 5) is 8.87. The third-order valence-electron chi connectivity index (χ3n) is 4.04. The minimum Gasteiger partial charge on any atom is -0.486 e. The fourth-order valence-electron chi connectivity index (χ4n) is 2.89. The molecule has 0 aliphatic carbocycles. The van der Waals surface area contributed by atoms with Gasteiger partial charge in [-0.1, -0.05) is 17.7 Å². The van der Waals surface area contributed by atoms with Crippen LogP contribution in [0.4, 0.5) is 5.82 Å². The summed E-state index contributed by atoms with van der Waals surface area (Å²) in [6.07, 6.45) is 0. The molecule has 0 amide bonds. The van der Waals surface area contributed by atoms with Crippen LogP contribution in [0, 0.1) is 6.92 Å². The third kappa shape index (κ3) is 3.73. The van der Waals surface area contributed by atoms with Crippen molar-refractivity contribution in [2.24, 2.45) is 0 Å². The average Bonchev–Trinajstić information content (AvgIpc) is 2.65. The maximum atomic E-state index is 6.02. The number of ether oxygens (including phenoxy) is 2. The number of pyridine rings is 2. The number of aromatic nitrogens is 2. The third-order valence-corrected chi connectivity index (χ3v) is 4.24. The van der Waals surface area contributed by atoms with Crippen LogP contribution in [-0.2, 0) is 6.54 Å². The number of hydrogen-bond donors (Lipinski definition) is 1.